The molecule has 0 bridgehead atoms. The van der Waals surface area contributed by atoms with Crippen LogP contribution in [-0.2, 0) is 0 Å². The molecule has 1 atom stereocenters. The zero-order valence-corrected chi connectivity index (χ0v) is 11.7. The third kappa shape index (κ3) is 4.07. The number of halogens is 4. The van der Waals surface area contributed by atoms with Crippen molar-refractivity contribution >= 4 is 0 Å². The maximum absolute atomic E-state index is 14.1. The summed E-state index contributed by atoms with van der Waals surface area (Å²) in [4.78, 5) is 1.66. The van der Waals surface area contributed by atoms with Crippen molar-refractivity contribution < 1.29 is 22.3 Å². The fraction of sp³-hybridized carbons (Fsp3) is 0.571. The summed E-state index contributed by atoms with van der Waals surface area (Å²) in [6.07, 6.45) is -5.47. The fourth-order valence-corrected chi connectivity index (χ4v) is 2.65. The molecule has 3 nitrogen and oxygen atoms in total. The number of alkyl halides is 3. The van der Waals surface area contributed by atoms with Crippen molar-refractivity contribution in [2.24, 2.45) is 0 Å². The lowest BCUT2D eigenvalue weighted by Gasteiger charge is -2.36. The first-order valence-electron chi connectivity index (χ1n) is 6.76. The molecule has 1 saturated heterocycles. The molecule has 1 heterocycles. The average molecular weight is 306 g/mol. The fourth-order valence-electron chi connectivity index (χ4n) is 2.65. The Labute approximate surface area is 120 Å². The van der Waals surface area contributed by atoms with Gasteiger partial charge in [0.05, 0.1) is 19.6 Å². The van der Waals surface area contributed by atoms with E-state index in [1.165, 1.54) is 25.3 Å². The summed E-state index contributed by atoms with van der Waals surface area (Å²) in [5.74, 6) is -0.509. The van der Waals surface area contributed by atoms with Gasteiger partial charge in [-0.05, 0) is 12.1 Å². The summed E-state index contributed by atoms with van der Waals surface area (Å²) < 4.78 is 57.9. The Bertz CT molecular complexity index is 473. The van der Waals surface area contributed by atoms with Gasteiger partial charge in [-0.1, -0.05) is 6.07 Å². The Kier molecular flexibility index (Phi) is 5.05. The minimum atomic E-state index is -4.37. The number of nitrogens with one attached hydrogen (secondary N) is 1. The van der Waals surface area contributed by atoms with Crippen LogP contribution in [0.2, 0.25) is 0 Å². The molecule has 1 aromatic rings. The van der Waals surface area contributed by atoms with Crippen LogP contribution in [0.15, 0.2) is 18.2 Å². The van der Waals surface area contributed by atoms with Crippen LogP contribution in [0.5, 0.6) is 5.75 Å². The summed E-state index contributed by atoms with van der Waals surface area (Å²) in [5, 5.41) is 3.08. The van der Waals surface area contributed by atoms with Crippen LogP contribution in [0.3, 0.4) is 0 Å². The number of hydrogen-bond donors (Lipinski definition) is 1. The Balaban J connectivity index is 2.38. The van der Waals surface area contributed by atoms with Gasteiger partial charge in [0.2, 0.25) is 0 Å². The Morgan fingerprint density at radius 2 is 1.95 bits per heavy atom. The number of piperazine rings is 1. The topological polar surface area (TPSA) is 24.5 Å². The third-order valence-corrected chi connectivity index (χ3v) is 3.58. The maximum atomic E-state index is 14.1. The van der Waals surface area contributed by atoms with Gasteiger partial charge in [-0.2, -0.15) is 13.2 Å². The van der Waals surface area contributed by atoms with E-state index in [2.05, 4.69) is 5.32 Å². The zero-order valence-electron chi connectivity index (χ0n) is 11.7. The molecule has 21 heavy (non-hydrogen) atoms. The molecule has 1 fully saturated rings. The van der Waals surface area contributed by atoms with Crippen LogP contribution < -0.4 is 10.1 Å². The molecule has 0 aromatic heterocycles. The monoisotopic (exact) mass is 306 g/mol. The number of nitrogens with zero attached hydrogens (tertiary/aromatic N) is 1. The molecule has 0 unspecified atom stereocenters. The molecule has 1 aromatic carbocycles. The highest BCUT2D eigenvalue weighted by Gasteiger charge is 2.38. The van der Waals surface area contributed by atoms with E-state index in [1.807, 2.05) is 0 Å². The Morgan fingerprint density at radius 1 is 1.29 bits per heavy atom. The molecule has 0 spiro atoms. The van der Waals surface area contributed by atoms with Crippen LogP contribution in [0.4, 0.5) is 17.6 Å². The quantitative estimate of drug-likeness (QED) is 0.866. The highest BCUT2D eigenvalue weighted by molar-refractivity contribution is 5.37. The molecule has 0 saturated carbocycles. The van der Waals surface area contributed by atoms with Gasteiger partial charge in [0.1, 0.15) is 11.6 Å². The van der Waals surface area contributed by atoms with Crippen molar-refractivity contribution in [3.8, 4) is 5.75 Å². The van der Waals surface area contributed by atoms with E-state index in [1.54, 1.807) is 4.90 Å². The molecule has 1 aliphatic rings. The Hall–Kier alpha value is -1.34. The van der Waals surface area contributed by atoms with E-state index in [0.29, 0.717) is 26.2 Å². The molecule has 1 N–H and O–H groups in total. The predicted octanol–water partition coefficient (Wildman–Crippen LogP) is 2.73. The van der Waals surface area contributed by atoms with Crippen LogP contribution in [0, 0.1) is 5.82 Å². The summed E-state index contributed by atoms with van der Waals surface area (Å²) >= 11 is 0. The lowest BCUT2D eigenvalue weighted by molar-refractivity contribution is -0.149. The summed E-state index contributed by atoms with van der Waals surface area (Å²) in [6, 6.07) is 3.02. The van der Waals surface area contributed by atoms with Crippen molar-refractivity contribution in [1.82, 2.24) is 10.2 Å². The first-order chi connectivity index (χ1) is 9.92. The van der Waals surface area contributed by atoms with E-state index in [-0.39, 0.29) is 11.3 Å². The second-order valence-electron chi connectivity index (χ2n) is 4.98. The minimum absolute atomic E-state index is 0.0146. The highest BCUT2D eigenvalue weighted by Crippen LogP contribution is 2.39. The smallest absolute Gasteiger partial charge is 0.390 e. The zero-order chi connectivity index (χ0) is 15.5. The minimum Gasteiger partial charge on any atom is -0.496 e. The van der Waals surface area contributed by atoms with E-state index in [9.17, 15) is 17.6 Å². The van der Waals surface area contributed by atoms with Crippen LogP contribution in [0.1, 0.15) is 18.0 Å². The molecule has 118 valence electrons. The van der Waals surface area contributed by atoms with Crippen LogP contribution >= 0.6 is 0 Å². The molecule has 0 amide bonds. The van der Waals surface area contributed by atoms with Crippen molar-refractivity contribution in [2.75, 3.05) is 33.3 Å². The second-order valence-corrected chi connectivity index (χ2v) is 4.98. The number of benzene rings is 1. The van der Waals surface area contributed by atoms with Crippen LogP contribution in [-0.4, -0.2) is 44.4 Å². The molecular formula is C14H18F4N2O. The number of rotatable bonds is 4. The number of methoxy groups -OCH3 is 1. The second kappa shape index (κ2) is 6.62. The van der Waals surface area contributed by atoms with Gasteiger partial charge in [0.25, 0.3) is 0 Å². The summed E-state index contributed by atoms with van der Waals surface area (Å²) in [6.45, 7) is 2.06. The molecule has 0 aliphatic carbocycles. The molecular weight excluding hydrogens is 288 g/mol. The van der Waals surface area contributed by atoms with E-state index in [0.717, 1.165) is 0 Å². The van der Waals surface area contributed by atoms with E-state index >= 15 is 0 Å². The molecule has 2 rings (SSSR count). The van der Waals surface area contributed by atoms with Crippen molar-refractivity contribution in [2.45, 2.75) is 18.6 Å². The van der Waals surface area contributed by atoms with Gasteiger partial charge in [0, 0.05) is 31.7 Å². The third-order valence-electron chi connectivity index (χ3n) is 3.58. The van der Waals surface area contributed by atoms with Crippen molar-refractivity contribution in [3.05, 3.63) is 29.6 Å². The van der Waals surface area contributed by atoms with Gasteiger partial charge in [-0.3, -0.25) is 4.90 Å². The van der Waals surface area contributed by atoms with Crippen LogP contribution in [0.25, 0.3) is 0 Å². The van der Waals surface area contributed by atoms with Gasteiger partial charge in [0.15, 0.2) is 0 Å². The predicted molar refractivity (Wildman–Crippen MR) is 70.8 cm³/mol. The maximum Gasteiger partial charge on any atom is 0.390 e. The molecule has 1 aliphatic heterocycles. The van der Waals surface area contributed by atoms with E-state index in [4.69, 9.17) is 4.74 Å². The SMILES string of the molecule is COc1cccc(F)c1[C@H](CC(F)(F)F)N1CCNCC1. The lowest BCUT2D eigenvalue weighted by atomic mass is 9.99. The standard InChI is InChI=1S/C14H18F4N2O/c1-21-12-4-2-3-10(15)13(12)11(9-14(16,17)18)20-7-5-19-6-8-20/h2-4,11,19H,5-9H2,1H3/t11-/m0/s1. The molecule has 0 radical (unpaired) electrons. The summed E-state index contributed by atoms with van der Waals surface area (Å²) in [5.41, 5.74) is -0.0146. The van der Waals surface area contributed by atoms with E-state index < -0.39 is 24.5 Å². The largest absolute Gasteiger partial charge is 0.496 e. The number of hydrogen-bond acceptors (Lipinski definition) is 3. The highest BCUT2D eigenvalue weighted by atomic mass is 19.4. The van der Waals surface area contributed by atoms with Gasteiger partial charge < -0.3 is 10.1 Å². The average Bonchev–Trinajstić information content (AvgIpc) is 2.45. The van der Waals surface area contributed by atoms with Gasteiger partial charge in [-0.25, -0.2) is 4.39 Å². The summed E-state index contributed by atoms with van der Waals surface area (Å²) in [7, 11) is 1.33. The Morgan fingerprint density at radius 3 is 2.52 bits per heavy atom. The lowest BCUT2D eigenvalue weighted by Crippen LogP contribution is -2.46. The first-order valence-corrected chi connectivity index (χ1v) is 6.76. The van der Waals surface area contributed by atoms with Crippen molar-refractivity contribution in [1.29, 1.82) is 0 Å². The van der Waals surface area contributed by atoms with Gasteiger partial charge in [-0.15, -0.1) is 0 Å². The molecule has 7 heteroatoms. The van der Waals surface area contributed by atoms with Gasteiger partial charge >= 0.3 is 6.18 Å². The normalized spacial score (nSPS) is 18.5. The van der Waals surface area contributed by atoms with Crippen molar-refractivity contribution in [3.63, 3.8) is 0 Å². The number of ether oxygens (including phenoxy) is 1. The first kappa shape index (κ1) is 16.0.